The second-order valence-corrected chi connectivity index (χ2v) is 6.22. The second-order valence-electron chi connectivity index (χ2n) is 4.93. The zero-order valence-electron chi connectivity index (χ0n) is 13.8. The summed E-state index contributed by atoms with van der Waals surface area (Å²) < 4.78 is 24.5. The first kappa shape index (κ1) is 18.7. The number of hydrogen-bond acceptors (Lipinski definition) is 7. The van der Waals surface area contributed by atoms with Crippen LogP contribution in [0.15, 0.2) is 33.9 Å². The molecule has 1 aromatic carbocycles. The predicted molar refractivity (Wildman–Crippen MR) is 87.7 cm³/mol. The van der Waals surface area contributed by atoms with E-state index >= 15 is 0 Å². The summed E-state index contributed by atoms with van der Waals surface area (Å²) in [6, 6.07) is 5.37. The molecule has 0 saturated carbocycles. The summed E-state index contributed by atoms with van der Waals surface area (Å²) in [7, 11) is 1.40. The number of urea groups is 1. The van der Waals surface area contributed by atoms with E-state index in [1.54, 1.807) is 26.0 Å². The lowest BCUT2D eigenvalue weighted by atomic mass is 10.3. The van der Waals surface area contributed by atoms with Crippen molar-refractivity contribution in [3.8, 4) is 5.75 Å². The first-order valence-electron chi connectivity index (χ1n) is 7.34. The van der Waals surface area contributed by atoms with Gasteiger partial charge in [-0.15, -0.1) is 10.2 Å². The molecule has 2 atom stereocenters. The number of halogens is 1. The van der Waals surface area contributed by atoms with Crippen LogP contribution in [-0.2, 0) is 4.79 Å². The Hall–Kier alpha value is -2.62. The SMILES string of the molecule is CNC(=O)NC(=O)[C@H](C)Sc1nnc([C@@H](C)Oc2ccccc2F)o1. The van der Waals surface area contributed by atoms with Gasteiger partial charge in [0.1, 0.15) is 0 Å². The van der Waals surface area contributed by atoms with Crippen LogP contribution in [0.25, 0.3) is 0 Å². The first-order chi connectivity index (χ1) is 11.9. The fraction of sp³-hybridized carbons (Fsp3) is 0.333. The molecule has 0 radical (unpaired) electrons. The summed E-state index contributed by atoms with van der Waals surface area (Å²) in [5, 5.41) is 11.6. The minimum absolute atomic E-state index is 0.0701. The number of thioether (sulfide) groups is 1. The molecule has 134 valence electrons. The fourth-order valence-electron chi connectivity index (χ4n) is 1.69. The van der Waals surface area contributed by atoms with Crippen LogP contribution >= 0.6 is 11.8 Å². The number of benzene rings is 1. The summed E-state index contributed by atoms with van der Waals surface area (Å²) in [5.74, 6) is -0.784. The van der Waals surface area contributed by atoms with Crippen LogP contribution in [0.4, 0.5) is 9.18 Å². The maximum Gasteiger partial charge on any atom is 0.321 e. The standard InChI is InChI=1S/C15H17FN4O4S/c1-8(23-11-7-5-4-6-10(11)16)13-19-20-15(24-13)25-9(2)12(21)18-14(22)17-3/h4-9H,1-3H3,(H2,17,18,21,22)/t8-,9+/m1/s1. The Bertz CT molecular complexity index is 755. The van der Waals surface area contributed by atoms with Crippen LogP contribution < -0.4 is 15.4 Å². The maximum atomic E-state index is 13.6. The van der Waals surface area contributed by atoms with Gasteiger partial charge in [0, 0.05) is 7.05 Å². The quantitative estimate of drug-likeness (QED) is 0.753. The van der Waals surface area contributed by atoms with Gasteiger partial charge in [0.2, 0.25) is 5.91 Å². The first-order valence-corrected chi connectivity index (χ1v) is 8.22. The highest BCUT2D eigenvalue weighted by molar-refractivity contribution is 8.00. The van der Waals surface area contributed by atoms with E-state index in [1.807, 2.05) is 0 Å². The van der Waals surface area contributed by atoms with Gasteiger partial charge < -0.3 is 14.5 Å². The molecule has 2 aromatic rings. The molecule has 0 fully saturated rings. The van der Waals surface area contributed by atoms with Gasteiger partial charge in [-0.25, -0.2) is 9.18 Å². The van der Waals surface area contributed by atoms with Crippen molar-refractivity contribution in [3.05, 3.63) is 36.0 Å². The summed E-state index contributed by atoms with van der Waals surface area (Å²) in [6.45, 7) is 3.22. The number of rotatable bonds is 6. The monoisotopic (exact) mass is 368 g/mol. The Morgan fingerprint density at radius 3 is 2.68 bits per heavy atom. The molecule has 0 aliphatic heterocycles. The predicted octanol–water partition coefficient (Wildman–Crippen LogP) is 2.28. The smallest absolute Gasteiger partial charge is 0.321 e. The second kappa shape index (κ2) is 8.47. The number of ether oxygens (including phenoxy) is 1. The van der Waals surface area contributed by atoms with Gasteiger partial charge in [-0.2, -0.15) is 0 Å². The Morgan fingerprint density at radius 2 is 2.00 bits per heavy atom. The zero-order chi connectivity index (χ0) is 18.4. The Kier molecular flexibility index (Phi) is 6.34. The minimum Gasteiger partial charge on any atom is -0.478 e. The number of nitrogens with one attached hydrogen (secondary N) is 2. The van der Waals surface area contributed by atoms with Gasteiger partial charge in [-0.05, 0) is 26.0 Å². The lowest BCUT2D eigenvalue weighted by Gasteiger charge is -2.11. The summed E-state index contributed by atoms with van der Waals surface area (Å²) >= 11 is 0.990. The normalized spacial score (nSPS) is 13.0. The van der Waals surface area contributed by atoms with E-state index in [4.69, 9.17) is 9.15 Å². The molecule has 0 aliphatic rings. The molecule has 2 N–H and O–H groups in total. The molecule has 0 aliphatic carbocycles. The third-order valence-electron chi connectivity index (χ3n) is 3.02. The summed E-state index contributed by atoms with van der Waals surface area (Å²) in [4.78, 5) is 22.9. The lowest BCUT2D eigenvalue weighted by molar-refractivity contribution is -0.119. The van der Waals surface area contributed by atoms with Crippen molar-refractivity contribution < 1.29 is 23.1 Å². The number of para-hydroxylation sites is 1. The van der Waals surface area contributed by atoms with E-state index in [1.165, 1.54) is 19.2 Å². The van der Waals surface area contributed by atoms with Crippen molar-refractivity contribution in [2.45, 2.75) is 30.4 Å². The Morgan fingerprint density at radius 1 is 1.28 bits per heavy atom. The Balaban J connectivity index is 1.96. The fourth-order valence-corrected chi connectivity index (χ4v) is 2.38. The van der Waals surface area contributed by atoms with Crippen molar-refractivity contribution in [2.24, 2.45) is 0 Å². The van der Waals surface area contributed by atoms with Gasteiger partial charge in [0.25, 0.3) is 11.1 Å². The van der Waals surface area contributed by atoms with Crippen LogP contribution in [0.3, 0.4) is 0 Å². The number of carbonyl (C=O) groups is 2. The van der Waals surface area contributed by atoms with Crippen molar-refractivity contribution in [3.63, 3.8) is 0 Å². The summed E-state index contributed by atoms with van der Waals surface area (Å²) in [6.07, 6.45) is -0.672. The van der Waals surface area contributed by atoms with E-state index in [-0.39, 0.29) is 16.9 Å². The molecule has 0 bridgehead atoms. The van der Waals surface area contributed by atoms with Crippen molar-refractivity contribution in [1.82, 2.24) is 20.8 Å². The molecule has 25 heavy (non-hydrogen) atoms. The van der Waals surface area contributed by atoms with E-state index in [2.05, 4.69) is 20.8 Å². The highest BCUT2D eigenvalue weighted by Gasteiger charge is 2.22. The van der Waals surface area contributed by atoms with Gasteiger partial charge in [0.05, 0.1) is 5.25 Å². The zero-order valence-corrected chi connectivity index (χ0v) is 14.6. The Labute approximate surface area is 147 Å². The van der Waals surface area contributed by atoms with E-state index < -0.39 is 29.1 Å². The molecule has 1 aromatic heterocycles. The van der Waals surface area contributed by atoms with Crippen LogP contribution in [0.1, 0.15) is 25.8 Å². The number of carbonyl (C=O) groups excluding carboxylic acids is 2. The molecular formula is C15H17FN4O4S. The van der Waals surface area contributed by atoms with Gasteiger partial charge >= 0.3 is 6.03 Å². The van der Waals surface area contributed by atoms with Crippen LogP contribution in [0, 0.1) is 5.82 Å². The molecule has 2 rings (SSSR count). The van der Waals surface area contributed by atoms with E-state index in [0.29, 0.717) is 0 Å². The number of imide groups is 1. The highest BCUT2D eigenvalue weighted by Crippen LogP contribution is 2.27. The lowest BCUT2D eigenvalue weighted by Crippen LogP contribution is -2.41. The van der Waals surface area contributed by atoms with Gasteiger partial charge in [-0.1, -0.05) is 23.9 Å². The molecule has 10 heteroatoms. The molecule has 0 spiro atoms. The molecular weight excluding hydrogens is 351 g/mol. The summed E-state index contributed by atoms with van der Waals surface area (Å²) in [5.41, 5.74) is 0. The number of hydrogen-bond donors (Lipinski definition) is 2. The minimum atomic E-state index is -0.672. The van der Waals surface area contributed by atoms with Crippen molar-refractivity contribution in [1.29, 1.82) is 0 Å². The molecule has 0 unspecified atom stereocenters. The van der Waals surface area contributed by atoms with Crippen LogP contribution in [0.2, 0.25) is 0 Å². The average Bonchev–Trinajstić information content (AvgIpc) is 3.05. The van der Waals surface area contributed by atoms with Gasteiger partial charge in [-0.3, -0.25) is 10.1 Å². The van der Waals surface area contributed by atoms with Crippen molar-refractivity contribution >= 4 is 23.7 Å². The van der Waals surface area contributed by atoms with Crippen LogP contribution in [-0.4, -0.2) is 34.4 Å². The molecule has 1 heterocycles. The van der Waals surface area contributed by atoms with Gasteiger partial charge in [0.15, 0.2) is 17.7 Å². The molecule has 8 nitrogen and oxygen atoms in total. The number of amides is 3. The molecule has 3 amide bonds. The third-order valence-corrected chi connectivity index (χ3v) is 3.96. The third kappa shape index (κ3) is 5.18. The average molecular weight is 368 g/mol. The largest absolute Gasteiger partial charge is 0.478 e. The number of nitrogens with zero attached hydrogens (tertiary/aromatic N) is 2. The highest BCUT2D eigenvalue weighted by atomic mass is 32.2. The topological polar surface area (TPSA) is 106 Å². The maximum absolute atomic E-state index is 13.6. The van der Waals surface area contributed by atoms with Crippen LogP contribution in [0.5, 0.6) is 5.75 Å². The van der Waals surface area contributed by atoms with E-state index in [9.17, 15) is 14.0 Å². The molecule has 0 saturated heterocycles. The number of aromatic nitrogens is 2. The van der Waals surface area contributed by atoms with Crippen molar-refractivity contribution in [2.75, 3.05) is 7.05 Å². The van der Waals surface area contributed by atoms with E-state index in [0.717, 1.165) is 11.8 Å².